The van der Waals surface area contributed by atoms with Crippen molar-refractivity contribution in [2.45, 2.75) is 57.2 Å². The third-order valence-electron chi connectivity index (χ3n) is 5.60. The van der Waals surface area contributed by atoms with Crippen molar-refractivity contribution in [3.05, 3.63) is 40.8 Å². The summed E-state index contributed by atoms with van der Waals surface area (Å²) in [7, 11) is 3.19. The molecule has 0 unspecified atom stereocenters. The Hall–Kier alpha value is -2.62. The van der Waals surface area contributed by atoms with Gasteiger partial charge in [0.25, 0.3) is 0 Å². The molecule has 0 fully saturated rings. The predicted molar refractivity (Wildman–Crippen MR) is 110 cm³/mol. The molecule has 0 saturated heterocycles. The highest BCUT2D eigenvalue weighted by Gasteiger charge is 2.35. The minimum atomic E-state index is -1.40. The molecule has 168 valence electrons. The molecule has 8 nitrogen and oxygen atoms in total. The van der Waals surface area contributed by atoms with E-state index in [-0.39, 0.29) is 12.3 Å². The average Bonchev–Trinajstić information content (AvgIpc) is 2.70. The van der Waals surface area contributed by atoms with Gasteiger partial charge in [-0.25, -0.2) is 19.4 Å². The number of carbonyl (C=O) groups is 1. The van der Waals surface area contributed by atoms with Gasteiger partial charge in [0.1, 0.15) is 5.82 Å². The zero-order valence-electron chi connectivity index (χ0n) is 18.0. The number of hydrogen-bond donors (Lipinski definition) is 2. The van der Waals surface area contributed by atoms with Crippen LogP contribution in [-0.2, 0) is 16.1 Å². The molecule has 1 aromatic heterocycles. The number of aliphatic hydroxyl groups is 2. The molecule has 2 N–H and O–H groups in total. The minimum absolute atomic E-state index is 0.0456. The lowest BCUT2D eigenvalue weighted by Gasteiger charge is -2.33. The predicted octanol–water partition coefficient (Wildman–Crippen LogP) is 1.30. The van der Waals surface area contributed by atoms with E-state index < -0.39 is 36.3 Å². The summed E-state index contributed by atoms with van der Waals surface area (Å²) in [6.07, 6.45) is -2.79. The lowest BCUT2D eigenvalue weighted by Crippen LogP contribution is -2.33. The lowest BCUT2D eigenvalue weighted by molar-refractivity contribution is -0.307. The van der Waals surface area contributed by atoms with Gasteiger partial charge >= 0.3 is 0 Å². The van der Waals surface area contributed by atoms with E-state index in [2.05, 4.69) is 9.97 Å². The third kappa shape index (κ3) is 4.84. The molecule has 0 spiro atoms. The van der Waals surface area contributed by atoms with E-state index >= 15 is 0 Å². The largest absolute Gasteiger partial charge is 0.550 e. The van der Waals surface area contributed by atoms with Gasteiger partial charge in [0, 0.05) is 42.9 Å². The summed E-state index contributed by atoms with van der Waals surface area (Å²) in [5.74, 6) is -2.00. The molecule has 3 atom stereocenters. The molecule has 1 aliphatic rings. The number of carboxylic acid groups (broad SMARTS) is 1. The Morgan fingerprint density at radius 3 is 2.68 bits per heavy atom. The highest BCUT2D eigenvalue weighted by atomic mass is 19.1. The SMILES string of the molecule is CON(C)c1nc2c(c(C(C)C)n1)C[C@@H]([C@@H](O)C[C@@H](O)CC(=O)[O-])c1cc(F)ccc1-2. The molecule has 3 rings (SSSR count). The summed E-state index contributed by atoms with van der Waals surface area (Å²) in [6, 6.07) is 4.31. The van der Waals surface area contributed by atoms with Gasteiger partial charge in [-0.05, 0) is 36.1 Å². The van der Waals surface area contributed by atoms with Gasteiger partial charge in [0.15, 0.2) is 0 Å². The van der Waals surface area contributed by atoms with Crippen LogP contribution < -0.4 is 10.2 Å². The number of benzene rings is 1. The first-order valence-corrected chi connectivity index (χ1v) is 10.2. The number of rotatable bonds is 8. The summed E-state index contributed by atoms with van der Waals surface area (Å²) < 4.78 is 14.1. The number of anilines is 1. The Morgan fingerprint density at radius 1 is 1.35 bits per heavy atom. The van der Waals surface area contributed by atoms with Gasteiger partial charge < -0.3 is 20.1 Å². The van der Waals surface area contributed by atoms with E-state index in [1.165, 1.54) is 24.3 Å². The van der Waals surface area contributed by atoms with Gasteiger partial charge in [-0.15, -0.1) is 0 Å². The number of nitrogens with zero attached hydrogens (tertiary/aromatic N) is 3. The van der Waals surface area contributed by atoms with E-state index in [4.69, 9.17) is 4.84 Å². The standard InChI is InChI=1S/C22H28FN3O5/c1-11(2)20-17-10-16(18(28)8-13(27)9-19(29)30)15-7-12(23)5-6-14(15)21(17)25-22(24-20)26(3)31-4/h5-7,11,13,16,18,27-28H,8-10H2,1-4H3,(H,29,30)/p-1/t13-,16-,18+/m1/s1. The molecule has 31 heavy (non-hydrogen) atoms. The number of hydroxylamine groups is 1. The highest BCUT2D eigenvalue weighted by Crippen LogP contribution is 2.44. The van der Waals surface area contributed by atoms with Crippen LogP contribution in [0.3, 0.4) is 0 Å². The first-order chi connectivity index (χ1) is 14.6. The Labute approximate surface area is 180 Å². The van der Waals surface area contributed by atoms with Gasteiger partial charge in [-0.2, -0.15) is 0 Å². The molecule has 9 heteroatoms. The van der Waals surface area contributed by atoms with Crippen molar-refractivity contribution in [1.29, 1.82) is 0 Å². The fourth-order valence-corrected chi connectivity index (χ4v) is 4.06. The van der Waals surface area contributed by atoms with Crippen LogP contribution in [0.1, 0.15) is 55.3 Å². The molecule has 0 bridgehead atoms. The molecule has 2 aromatic rings. The Kier molecular flexibility index (Phi) is 6.88. The highest BCUT2D eigenvalue weighted by molar-refractivity contribution is 5.73. The van der Waals surface area contributed by atoms with E-state index in [0.29, 0.717) is 29.2 Å². The molecule has 1 aromatic carbocycles. The second-order valence-corrected chi connectivity index (χ2v) is 8.15. The number of aromatic nitrogens is 2. The number of fused-ring (bicyclic) bond motifs is 3. The van der Waals surface area contributed by atoms with E-state index in [1.807, 2.05) is 13.8 Å². The second-order valence-electron chi connectivity index (χ2n) is 8.15. The number of halogens is 1. The van der Waals surface area contributed by atoms with Crippen LogP contribution in [-0.4, -0.2) is 52.5 Å². The fourth-order valence-electron chi connectivity index (χ4n) is 4.06. The number of hydrogen-bond acceptors (Lipinski definition) is 8. The average molecular weight is 432 g/mol. The first-order valence-electron chi connectivity index (χ1n) is 10.2. The Bertz CT molecular complexity index is 968. The monoisotopic (exact) mass is 432 g/mol. The summed E-state index contributed by atoms with van der Waals surface area (Å²) in [5.41, 5.74) is 3.48. The number of aliphatic hydroxyl groups excluding tert-OH is 2. The van der Waals surface area contributed by atoms with Crippen molar-refractivity contribution in [1.82, 2.24) is 9.97 Å². The van der Waals surface area contributed by atoms with Gasteiger partial charge in [-0.3, -0.25) is 4.84 Å². The zero-order valence-corrected chi connectivity index (χ0v) is 18.0. The van der Waals surface area contributed by atoms with Gasteiger partial charge in [0.05, 0.1) is 30.7 Å². The van der Waals surface area contributed by atoms with E-state index in [9.17, 15) is 24.5 Å². The van der Waals surface area contributed by atoms with E-state index in [0.717, 1.165) is 11.3 Å². The van der Waals surface area contributed by atoms with Gasteiger partial charge in [0.2, 0.25) is 5.95 Å². The summed E-state index contributed by atoms with van der Waals surface area (Å²) >= 11 is 0. The Morgan fingerprint density at radius 2 is 2.06 bits per heavy atom. The van der Waals surface area contributed by atoms with Crippen molar-refractivity contribution >= 4 is 11.9 Å². The molecule has 0 saturated carbocycles. The molecule has 1 heterocycles. The molecule has 0 aliphatic heterocycles. The Balaban J connectivity index is 2.10. The van der Waals surface area contributed by atoms with Gasteiger partial charge in [-0.1, -0.05) is 13.8 Å². The maximum atomic E-state index is 14.1. The van der Waals surface area contributed by atoms with Crippen molar-refractivity contribution in [2.75, 3.05) is 19.2 Å². The third-order valence-corrected chi connectivity index (χ3v) is 5.60. The van der Waals surface area contributed by atoms with Crippen molar-refractivity contribution in [3.8, 4) is 11.3 Å². The van der Waals surface area contributed by atoms with Crippen LogP contribution in [0.2, 0.25) is 0 Å². The quantitative estimate of drug-likeness (QED) is 0.599. The second kappa shape index (κ2) is 9.25. The fraction of sp³-hybridized carbons (Fsp3) is 0.500. The zero-order chi connectivity index (χ0) is 22.9. The van der Waals surface area contributed by atoms with Crippen molar-refractivity contribution in [3.63, 3.8) is 0 Å². The topological polar surface area (TPSA) is 119 Å². The molecule has 0 radical (unpaired) electrons. The molecule has 0 amide bonds. The number of carboxylic acids is 1. The number of aliphatic carboxylic acids is 1. The maximum Gasteiger partial charge on any atom is 0.250 e. The first kappa shape index (κ1) is 23.1. The van der Waals surface area contributed by atoms with Crippen LogP contribution in [0.25, 0.3) is 11.3 Å². The summed E-state index contributed by atoms with van der Waals surface area (Å²) in [4.78, 5) is 25.3. The smallest absolute Gasteiger partial charge is 0.250 e. The van der Waals surface area contributed by atoms with Crippen LogP contribution in [0.15, 0.2) is 18.2 Å². The maximum absolute atomic E-state index is 14.1. The van der Waals surface area contributed by atoms with Crippen LogP contribution in [0.4, 0.5) is 10.3 Å². The number of carbonyl (C=O) groups excluding carboxylic acids is 1. The van der Waals surface area contributed by atoms with Crippen molar-refractivity contribution < 1.29 is 29.3 Å². The molecular formula is C22H27FN3O5-. The van der Waals surface area contributed by atoms with Crippen molar-refractivity contribution in [2.24, 2.45) is 0 Å². The summed E-state index contributed by atoms with van der Waals surface area (Å²) in [6.45, 7) is 3.99. The van der Waals surface area contributed by atoms with Crippen LogP contribution in [0, 0.1) is 5.82 Å². The van der Waals surface area contributed by atoms with Crippen LogP contribution in [0.5, 0.6) is 0 Å². The minimum Gasteiger partial charge on any atom is -0.550 e. The normalized spacial score (nSPS) is 17.1. The van der Waals surface area contributed by atoms with Crippen LogP contribution >= 0.6 is 0 Å². The molecule has 1 aliphatic carbocycles. The summed E-state index contributed by atoms with van der Waals surface area (Å²) in [5, 5.41) is 33.1. The van der Waals surface area contributed by atoms with E-state index in [1.54, 1.807) is 13.1 Å². The lowest BCUT2D eigenvalue weighted by atomic mass is 9.75. The molecular weight excluding hydrogens is 405 g/mol.